The van der Waals surface area contributed by atoms with Crippen molar-refractivity contribution in [2.24, 2.45) is 0 Å². The van der Waals surface area contributed by atoms with Crippen molar-refractivity contribution in [1.82, 2.24) is 0 Å². The number of amides is 2. The first-order valence-corrected chi connectivity index (χ1v) is 13.0. The van der Waals surface area contributed by atoms with Gasteiger partial charge >= 0.3 is 6.09 Å². The van der Waals surface area contributed by atoms with Gasteiger partial charge in [0.2, 0.25) is 12.7 Å². The van der Waals surface area contributed by atoms with Gasteiger partial charge in [-0.15, -0.1) is 0 Å². The number of nitrogens with one attached hydrogen (secondary N) is 2. The van der Waals surface area contributed by atoms with Crippen molar-refractivity contribution in [2.75, 3.05) is 43.5 Å². The zero-order valence-electron chi connectivity index (χ0n) is 22.6. The molecule has 2 atom stereocenters. The Morgan fingerprint density at radius 3 is 2.63 bits per heavy atom. The van der Waals surface area contributed by atoms with E-state index in [1.807, 2.05) is 0 Å². The van der Waals surface area contributed by atoms with Gasteiger partial charge in [-0.25, -0.2) is 4.79 Å². The number of fused-ring (bicyclic) bond motifs is 1. The van der Waals surface area contributed by atoms with Crippen LogP contribution in [0.2, 0.25) is 0 Å². The number of hydrogen-bond donors (Lipinski definition) is 4. The number of hydrogen-bond acceptors (Lipinski definition) is 9. The summed E-state index contributed by atoms with van der Waals surface area (Å²) in [5, 5.41) is 14.7. The number of para-hydroxylation sites is 3. The van der Waals surface area contributed by atoms with Crippen molar-refractivity contribution >= 4 is 29.1 Å². The second-order valence-corrected chi connectivity index (χ2v) is 8.96. The number of anilines is 3. The Bertz CT molecular complexity index is 1360. The summed E-state index contributed by atoms with van der Waals surface area (Å²) in [5.74, 6) is 1.23. The molecule has 1 aliphatic heterocycles. The van der Waals surface area contributed by atoms with Crippen LogP contribution < -0.4 is 30.6 Å². The molecule has 11 heteroatoms. The lowest BCUT2D eigenvalue weighted by atomic mass is 9.99. The molecule has 1 heterocycles. The third-order valence-corrected chi connectivity index (χ3v) is 6.17. The van der Waals surface area contributed by atoms with Crippen LogP contribution in [0.15, 0.2) is 78.9 Å². The van der Waals surface area contributed by atoms with Crippen molar-refractivity contribution in [3.63, 3.8) is 0 Å². The lowest BCUT2D eigenvalue weighted by molar-refractivity contribution is -0.111. The molecule has 0 radical (unpaired) electrons. The van der Waals surface area contributed by atoms with Crippen LogP contribution in [-0.2, 0) is 14.3 Å². The van der Waals surface area contributed by atoms with Gasteiger partial charge in [-0.05, 0) is 49.2 Å². The van der Waals surface area contributed by atoms with E-state index in [1.165, 1.54) is 13.2 Å². The van der Waals surface area contributed by atoms with Crippen LogP contribution in [0.1, 0.15) is 24.5 Å². The Morgan fingerprint density at radius 1 is 1.05 bits per heavy atom. The molecule has 0 fully saturated rings. The van der Waals surface area contributed by atoms with E-state index in [9.17, 15) is 14.7 Å². The van der Waals surface area contributed by atoms with Crippen LogP contribution >= 0.6 is 0 Å². The Kier molecular flexibility index (Phi) is 10.4. The highest BCUT2D eigenvalue weighted by atomic mass is 16.7. The first-order chi connectivity index (χ1) is 20.0. The summed E-state index contributed by atoms with van der Waals surface area (Å²) < 4.78 is 28.1. The van der Waals surface area contributed by atoms with Crippen LogP contribution in [0.25, 0.3) is 0 Å². The van der Waals surface area contributed by atoms with Gasteiger partial charge in [0, 0.05) is 24.4 Å². The largest absolute Gasteiger partial charge is 0.491 e. The summed E-state index contributed by atoms with van der Waals surface area (Å²) in [6.07, 6.45) is 1.77. The van der Waals surface area contributed by atoms with E-state index in [1.54, 1.807) is 72.8 Å². The third-order valence-electron chi connectivity index (χ3n) is 6.17. The number of nitrogen functional groups attached to an aromatic ring is 1. The van der Waals surface area contributed by atoms with Gasteiger partial charge in [-0.1, -0.05) is 36.4 Å². The number of aliphatic hydroxyl groups excluding tert-OH is 1. The molecule has 1 aliphatic rings. The maximum atomic E-state index is 13.0. The van der Waals surface area contributed by atoms with Crippen molar-refractivity contribution in [3.05, 3.63) is 84.4 Å². The topological polar surface area (TPSA) is 151 Å². The van der Waals surface area contributed by atoms with E-state index in [0.29, 0.717) is 52.7 Å². The summed E-state index contributed by atoms with van der Waals surface area (Å²) in [7, 11) is 1.52. The van der Waals surface area contributed by atoms with E-state index < -0.39 is 18.3 Å². The first kappa shape index (κ1) is 29.2. The van der Waals surface area contributed by atoms with Crippen LogP contribution in [0.4, 0.5) is 21.9 Å². The number of ether oxygens (including phenoxy) is 5. The minimum Gasteiger partial charge on any atom is -0.491 e. The molecule has 11 nitrogen and oxygen atoms in total. The summed E-state index contributed by atoms with van der Waals surface area (Å²) in [6, 6.07) is 19.1. The maximum Gasteiger partial charge on any atom is 0.412 e. The van der Waals surface area contributed by atoms with Crippen molar-refractivity contribution in [3.8, 4) is 17.2 Å². The smallest absolute Gasteiger partial charge is 0.412 e. The Hall–Kier alpha value is -4.74. The van der Waals surface area contributed by atoms with Gasteiger partial charge in [0.15, 0.2) is 17.6 Å². The molecule has 3 aromatic rings. The molecule has 0 bridgehead atoms. The molecule has 0 spiro atoms. The number of nitrogens with two attached hydrogens (primary N) is 1. The summed E-state index contributed by atoms with van der Waals surface area (Å²) in [6.45, 7) is -0.00389. The molecule has 0 unspecified atom stereocenters. The number of aliphatic hydroxyl groups is 1. The maximum absolute atomic E-state index is 13.0. The highest BCUT2D eigenvalue weighted by Gasteiger charge is 2.30. The second-order valence-electron chi connectivity index (χ2n) is 8.96. The molecule has 0 saturated carbocycles. The fourth-order valence-electron chi connectivity index (χ4n) is 4.21. The molecular formula is C30H33N3O8. The van der Waals surface area contributed by atoms with E-state index in [-0.39, 0.29) is 25.9 Å². The van der Waals surface area contributed by atoms with Gasteiger partial charge in [0.25, 0.3) is 0 Å². The van der Waals surface area contributed by atoms with E-state index in [4.69, 9.17) is 29.4 Å². The zero-order chi connectivity index (χ0) is 29.0. The van der Waals surface area contributed by atoms with E-state index >= 15 is 0 Å². The Labute approximate surface area is 237 Å². The molecule has 0 aromatic heterocycles. The highest BCUT2D eigenvalue weighted by Crippen LogP contribution is 2.36. The van der Waals surface area contributed by atoms with Crippen molar-refractivity contribution in [1.29, 1.82) is 0 Å². The molecule has 0 aliphatic carbocycles. The Morgan fingerprint density at radius 2 is 1.83 bits per heavy atom. The van der Waals surface area contributed by atoms with Gasteiger partial charge < -0.3 is 39.8 Å². The predicted molar refractivity (Wildman–Crippen MR) is 153 cm³/mol. The lowest BCUT2D eigenvalue weighted by Crippen LogP contribution is -2.28. The first-order valence-electron chi connectivity index (χ1n) is 13.0. The fraction of sp³-hybridized carbons (Fsp3) is 0.267. The van der Waals surface area contributed by atoms with Crippen LogP contribution in [0.3, 0.4) is 0 Å². The predicted octanol–water partition coefficient (Wildman–Crippen LogP) is 4.65. The summed E-state index contributed by atoms with van der Waals surface area (Å²) in [4.78, 5) is 25.4. The number of rotatable bonds is 13. The Balaban J connectivity index is 1.46. The lowest BCUT2D eigenvalue weighted by Gasteiger charge is -2.27. The monoisotopic (exact) mass is 563 g/mol. The standard InChI is InChI=1S/C30H33N3O8/c1-37-26(12-6-7-13-28(35)33-23-10-4-3-9-22(23)31)29(21-8-2-5-11-24(21)38-17-16-34)41-30(36)32-20-14-15-25-27(18-20)40-19-39-25/h2-5,7-11,13-15,18,26,29,34H,6,12,16-17,19,31H2,1H3,(H,32,36)(H,33,35)/b13-7+/t26-,29-/m0/s1. The number of methoxy groups -OCH3 is 1. The van der Waals surface area contributed by atoms with E-state index in [2.05, 4.69) is 10.6 Å². The average molecular weight is 564 g/mol. The van der Waals surface area contributed by atoms with Gasteiger partial charge in [0.1, 0.15) is 12.4 Å². The number of carbonyl (C=O) groups is 2. The number of carbonyl (C=O) groups excluding carboxylic acids is 2. The van der Waals surface area contributed by atoms with Crippen molar-refractivity contribution in [2.45, 2.75) is 25.0 Å². The van der Waals surface area contributed by atoms with Gasteiger partial charge in [-0.2, -0.15) is 0 Å². The zero-order valence-corrected chi connectivity index (χ0v) is 22.6. The molecule has 4 rings (SSSR count). The average Bonchev–Trinajstić information content (AvgIpc) is 3.45. The normalized spacial score (nSPS) is 13.4. The minimum absolute atomic E-state index is 0.0640. The van der Waals surface area contributed by atoms with Crippen LogP contribution in [0, 0.1) is 0 Å². The highest BCUT2D eigenvalue weighted by molar-refractivity contribution is 6.01. The molecule has 0 saturated heterocycles. The molecule has 3 aromatic carbocycles. The second kappa shape index (κ2) is 14.6. The molecule has 216 valence electrons. The number of benzene rings is 3. The molecule has 41 heavy (non-hydrogen) atoms. The SMILES string of the molecule is CO[C@@H](CC/C=C/C(=O)Nc1ccccc1N)[C@@H](OC(=O)Nc1ccc2c(c1)OCO2)c1ccccc1OCCO. The van der Waals surface area contributed by atoms with Crippen LogP contribution in [0.5, 0.6) is 17.2 Å². The number of allylic oxidation sites excluding steroid dienone is 1. The van der Waals surface area contributed by atoms with Crippen LogP contribution in [-0.4, -0.2) is 50.3 Å². The van der Waals surface area contributed by atoms with E-state index in [0.717, 1.165) is 0 Å². The fourth-order valence-corrected chi connectivity index (χ4v) is 4.21. The van der Waals surface area contributed by atoms with Gasteiger partial charge in [-0.3, -0.25) is 10.1 Å². The molecule has 2 amide bonds. The third kappa shape index (κ3) is 8.13. The summed E-state index contributed by atoms with van der Waals surface area (Å²) >= 11 is 0. The minimum atomic E-state index is -0.879. The molecule has 5 N–H and O–H groups in total. The van der Waals surface area contributed by atoms with Crippen molar-refractivity contribution < 1.29 is 38.4 Å². The quantitative estimate of drug-likeness (QED) is 0.172. The molecular weight excluding hydrogens is 530 g/mol. The summed E-state index contributed by atoms with van der Waals surface area (Å²) in [5.41, 5.74) is 7.91. The van der Waals surface area contributed by atoms with Gasteiger partial charge in [0.05, 0.1) is 24.1 Å².